The van der Waals surface area contributed by atoms with Crippen molar-refractivity contribution in [1.29, 1.82) is 0 Å². The lowest BCUT2D eigenvalue weighted by Gasteiger charge is -2.19. The topological polar surface area (TPSA) is 97.2 Å². The Bertz CT molecular complexity index is 1300. The average Bonchev–Trinajstić information content (AvgIpc) is 3.12. The summed E-state index contributed by atoms with van der Waals surface area (Å²) in [5, 5.41) is 4.19. The first-order valence-corrected chi connectivity index (χ1v) is 10.6. The molecule has 8 heteroatoms. The molecule has 0 amide bonds. The van der Waals surface area contributed by atoms with E-state index < -0.39 is 11.5 Å². The molecule has 32 heavy (non-hydrogen) atoms. The van der Waals surface area contributed by atoms with Gasteiger partial charge in [-0.25, -0.2) is 4.79 Å². The molecule has 0 unspecified atom stereocenters. The molecule has 4 aromatic rings. The second kappa shape index (κ2) is 9.38. The molecule has 164 valence electrons. The van der Waals surface area contributed by atoms with Gasteiger partial charge in [0, 0.05) is 5.02 Å². The summed E-state index contributed by atoms with van der Waals surface area (Å²) in [5.41, 5.74) is 1.83. The SMILES string of the molecule is CCOC(=O)c1c(C)oc2nc(CN[C@H](c3ccccc3)c3ccc(Cl)cc3)[nH]c(=O)c12. The first kappa shape index (κ1) is 21.8. The van der Waals surface area contributed by atoms with Crippen LogP contribution in [0.4, 0.5) is 0 Å². The van der Waals surface area contributed by atoms with Gasteiger partial charge in [-0.3, -0.25) is 10.1 Å². The van der Waals surface area contributed by atoms with Crippen molar-refractivity contribution in [1.82, 2.24) is 15.3 Å². The predicted octanol–water partition coefficient (Wildman–Crippen LogP) is 4.53. The van der Waals surface area contributed by atoms with E-state index in [9.17, 15) is 9.59 Å². The van der Waals surface area contributed by atoms with Crippen LogP contribution in [0.3, 0.4) is 0 Å². The lowest BCUT2D eigenvalue weighted by atomic mass is 9.99. The van der Waals surface area contributed by atoms with E-state index in [0.29, 0.717) is 16.6 Å². The Hall–Kier alpha value is -3.42. The molecule has 2 heterocycles. The van der Waals surface area contributed by atoms with Crippen molar-refractivity contribution >= 4 is 28.7 Å². The number of hydrogen-bond donors (Lipinski definition) is 2. The first-order chi connectivity index (χ1) is 15.5. The maximum atomic E-state index is 12.8. The number of carbonyl (C=O) groups excluding carboxylic acids is 1. The Morgan fingerprint density at radius 1 is 1.16 bits per heavy atom. The molecule has 0 bridgehead atoms. The van der Waals surface area contributed by atoms with E-state index in [0.717, 1.165) is 11.1 Å². The summed E-state index contributed by atoms with van der Waals surface area (Å²) in [5.74, 6) is 0.0836. The molecule has 1 atom stereocenters. The van der Waals surface area contributed by atoms with Crippen LogP contribution in [-0.2, 0) is 11.3 Å². The Morgan fingerprint density at radius 3 is 2.53 bits per heavy atom. The van der Waals surface area contributed by atoms with E-state index in [-0.39, 0.29) is 35.9 Å². The molecule has 0 saturated carbocycles. The molecule has 2 N–H and O–H groups in total. The number of esters is 1. The van der Waals surface area contributed by atoms with Gasteiger partial charge >= 0.3 is 5.97 Å². The van der Waals surface area contributed by atoms with Gasteiger partial charge in [-0.2, -0.15) is 4.98 Å². The van der Waals surface area contributed by atoms with Gasteiger partial charge < -0.3 is 14.1 Å². The molecule has 0 aliphatic rings. The second-order valence-corrected chi connectivity index (χ2v) is 7.66. The molecule has 2 aromatic heterocycles. The Balaban J connectivity index is 1.65. The summed E-state index contributed by atoms with van der Waals surface area (Å²) in [6, 6.07) is 17.4. The zero-order valence-corrected chi connectivity index (χ0v) is 18.4. The highest BCUT2D eigenvalue weighted by molar-refractivity contribution is 6.30. The molecular weight excluding hydrogens is 430 g/mol. The van der Waals surface area contributed by atoms with Gasteiger partial charge in [0.25, 0.3) is 5.56 Å². The fourth-order valence-electron chi connectivity index (χ4n) is 3.62. The van der Waals surface area contributed by atoms with Crippen LogP contribution in [0.15, 0.2) is 63.8 Å². The van der Waals surface area contributed by atoms with Crippen molar-refractivity contribution < 1.29 is 13.9 Å². The lowest BCUT2D eigenvalue weighted by molar-refractivity contribution is 0.0526. The van der Waals surface area contributed by atoms with Gasteiger partial charge in [-0.05, 0) is 37.1 Å². The van der Waals surface area contributed by atoms with E-state index in [2.05, 4.69) is 15.3 Å². The standard InChI is InChI=1S/C24H22ClN3O4/c1-3-31-24(30)19-14(2)32-23-20(19)22(29)27-18(28-23)13-26-21(15-7-5-4-6-8-15)16-9-11-17(25)12-10-16/h4-12,21,26H,3,13H2,1-2H3,(H,27,28,29)/t21-/m1/s1. The minimum absolute atomic E-state index is 0.0991. The van der Waals surface area contributed by atoms with Crippen molar-refractivity contribution in [2.75, 3.05) is 6.61 Å². The zero-order valence-electron chi connectivity index (χ0n) is 17.6. The van der Waals surface area contributed by atoms with Crippen molar-refractivity contribution in [2.45, 2.75) is 26.4 Å². The largest absolute Gasteiger partial charge is 0.462 e. The van der Waals surface area contributed by atoms with Crippen LogP contribution in [-0.4, -0.2) is 22.5 Å². The van der Waals surface area contributed by atoms with Crippen molar-refractivity contribution in [3.63, 3.8) is 0 Å². The maximum Gasteiger partial charge on any atom is 0.342 e. The van der Waals surface area contributed by atoms with Gasteiger partial charge in [-0.15, -0.1) is 0 Å². The highest BCUT2D eigenvalue weighted by Crippen LogP contribution is 2.25. The van der Waals surface area contributed by atoms with E-state index in [4.69, 9.17) is 20.8 Å². The zero-order chi connectivity index (χ0) is 22.7. The molecule has 4 rings (SSSR count). The highest BCUT2D eigenvalue weighted by Gasteiger charge is 2.24. The van der Waals surface area contributed by atoms with Crippen LogP contribution in [0.25, 0.3) is 11.1 Å². The Morgan fingerprint density at radius 2 is 1.84 bits per heavy atom. The number of aromatic amines is 1. The molecule has 2 aromatic carbocycles. The molecular formula is C24H22ClN3O4. The summed E-state index contributed by atoms with van der Waals surface area (Å²) >= 11 is 6.05. The minimum Gasteiger partial charge on any atom is -0.462 e. The van der Waals surface area contributed by atoms with E-state index in [1.54, 1.807) is 13.8 Å². The van der Waals surface area contributed by atoms with Gasteiger partial charge in [0.2, 0.25) is 5.71 Å². The third kappa shape index (κ3) is 4.44. The van der Waals surface area contributed by atoms with Crippen molar-refractivity contribution in [3.05, 3.63) is 98.2 Å². The van der Waals surface area contributed by atoms with Gasteiger partial charge in [0.05, 0.1) is 19.2 Å². The third-order valence-corrected chi connectivity index (χ3v) is 5.33. The van der Waals surface area contributed by atoms with Crippen LogP contribution in [0.5, 0.6) is 0 Å². The van der Waals surface area contributed by atoms with Crippen LogP contribution in [0.1, 0.15) is 46.0 Å². The number of halogens is 1. The number of nitrogens with zero attached hydrogens (tertiary/aromatic N) is 1. The summed E-state index contributed by atoms with van der Waals surface area (Å²) in [4.78, 5) is 32.2. The predicted molar refractivity (Wildman–Crippen MR) is 122 cm³/mol. The number of hydrogen-bond acceptors (Lipinski definition) is 6. The van der Waals surface area contributed by atoms with E-state index in [1.807, 2.05) is 54.6 Å². The Labute approximate surface area is 189 Å². The molecule has 0 spiro atoms. The van der Waals surface area contributed by atoms with Crippen LogP contribution >= 0.6 is 11.6 Å². The van der Waals surface area contributed by atoms with Gasteiger partial charge in [-0.1, -0.05) is 54.1 Å². The summed E-state index contributed by atoms with van der Waals surface area (Å²) in [6.07, 6.45) is 0. The maximum absolute atomic E-state index is 12.8. The summed E-state index contributed by atoms with van der Waals surface area (Å²) in [6.45, 7) is 3.77. The number of aryl methyl sites for hydroxylation is 1. The summed E-state index contributed by atoms with van der Waals surface area (Å²) in [7, 11) is 0. The number of rotatable bonds is 7. The molecule has 0 fully saturated rings. The fourth-order valence-corrected chi connectivity index (χ4v) is 3.75. The minimum atomic E-state index is -0.603. The van der Waals surface area contributed by atoms with Crippen LogP contribution < -0.4 is 10.9 Å². The van der Waals surface area contributed by atoms with Crippen molar-refractivity contribution in [2.24, 2.45) is 0 Å². The lowest BCUT2D eigenvalue weighted by Crippen LogP contribution is -2.25. The third-order valence-electron chi connectivity index (χ3n) is 5.08. The number of furan rings is 1. The number of H-pyrrole nitrogens is 1. The smallest absolute Gasteiger partial charge is 0.342 e. The second-order valence-electron chi connectivity index (χ2n) is 7.22. The number of fused-ring (bicyclic) bond motifs is 1. The van der Waals surface area contributed by atoms with E-state index >= 15 is 0 Å². The average molecular weight is 452 g/mol. The molecule has 0 radical (unpaired) electrons. The molecule has 7 nitrogen and oxygen atoms in total. The first-order valence-electron chi connectivity index (χ1n) is 10.2. The monoisotopic (exact) mass is 451 g/mol. The van der Waals surface area contributed by atoms with Crippen molar-refractivity contribution in [3.8, 4) is 0 Å². The van der Waals surface area contributed by atoms with Crippen LogP contribution in [0.2, 0.25) is 5.02 Å². The van der Waals surface area contributed by atoms with E-state index in [1.165, 1.54) is 0 Å². The molecule has 0 saturated heterocycles. The van der Waals surface area contributed by atoms with Gasteiger partial charge in [0.1, 0.15) is 22.5 Å². The van der Waals surface area contributed by atoms with Gasteiger partial charge in [0.15, 0.2) is 0 Å². The fraction of sp³-hybridized carbons (Fsp3) is 0.208. The normalized spacial score (nSPS) is 12.1. The Kier molecular flexibility index (Phi) is 6.39. The number of ether oxygens (including phenoxy) is 1. The highest BCUT2D eigenvalue weighted by atomic mass is 35.5. The number of nitrogens with one attached hydrogen (secondary N) is 2. The molecule has 0 aliphatic carbocycles. The summed E-state index contributed by atoms with van der Waals surface area (Å²) < 4.78 is 10.6. The van der Waals surface area contributed by atoms with Crippen LogP contribution in [0, 0.1) is 6.92 Å². The molecule has 0 aliphatic heterocycles. The number of benzene rings is 2. The number of aromatic nitrogens is 2. The number of carbonyl (C=O) groups is 1. The quantitative estimate of drug-likeness (QED) is 0.400.